The number of sulfonamides is 1. The minimum Gasteiger partial charge on any atom is -0.281 e. The highest BCUT2D eigenvalue weighted by atomic mass is 32.2. The molecule has 0 aliphatic rings. The third-order valence-electron chi connectivity index (χ3n) is 2.82. The van der Waals surface area contributed by atoms with Gasteiger partial charge < -0.3 is 0 Å². The summed E-state index contributed by atoms with van der Waals surface area (Å²) in [6, 6.07) is 6.10. The van der Waals surface area contributed by atoms with Gasteiger partial charge in [0.25, 0.3) is 0 Å². The summed E-state index contributed by atoms with van der Waals surface area (Å²) in [5, 5.41) is 6.27. The van der Waals surface area contributed by atoms with Crippen molar-refractivity contribution in [2.24, 2.45) is 0 Å². The Bertz CT molecular complexity index is 682. The maximum Gasteiger partial charge on any atom is 0.246 e. The number of hydrogen-bond acceptors (Lipinski definition) is 3. The predicted octanol–water partition coefficient (Wildman–Crippen LogP) is 1.68. The van der Waals surface area contributed by atoms with E-state index in [9.17, 15) is 12.8 Å². The van der Waals surface area contributed by atoms with Crippen LogP contribution in [0.3, 0.4) is 0 Å². The zero-order valence-corrected chi connectivity index (χ0v) is 11.4. The topological polar surface area (TPSA) is 66.1 Å². The van der Waals surface area contributed by atoms with E-state index in [0.717, 1.165) is 4.31 Å². The number of nitrogens with one attached hydrogen (secondary N) is 1. The number of benzene rings is 1. The van der Waals surface area contributed by atoms with Crippen molar-refractivity contribution in [2.75, 3.05) is 7.05 Å². The Hall–Kier alpha value is -1.73. The Labute approximate surface area is 111 Å². The Morgan fingerprint density at radius 3 is 2.63 bits per heavy atom. The van der Waals surface area contributed by atoms with Gasteiger partial charge in [0, 0.05) is 19.2 Å². The second-order valence-electron chi connectivity index (χ2n) is 4.21. The Kier molecular flexibility index (Phi) is 3.68. The van der Waals surface area contributed by atoms with Crippen molar-refractivity contribution >= 4 is 10.0 Å². The largest absolute Gasteiger partial charge is 0.281 e. The van der Waals surface area contributed by atoms with Gasteiger partial charge >= 0.3 is 0 Å². The first kappa shape index (κ1) is 13.7. The van der Waals surface area contributed by atoms with Gasteiger partial charge in [-0.25, -0.2) is 12.8 Å². The summed E-state index contributed by atoms with van der Waals surface area (Å²) in [5.41, 5.74) is 0.787. The number of aryl methyl sites for hydroxylation is 1. The van der Waals surface area contributed by atoms with E-state index < -0.39 is 15.8 Å². The summed E-state index contributed by atoms with van der Waals surface area (Å²) in [7, 11) is -2.26. The number of aromatic amines is 1. The van der Waals surface area contributed by atoms with Crippen LogP contribution in [0.5, 0.6) is 0 Å². The van der Waals surface area contributed by atoms with Crippen molar-refractivity contribution in [2.45, 2.75) is 18.4 Å². The highest BCUT2D eigenvalue weighted by Crippen LogP contribution is 2.19. The molecule has 1 heterocycles. The molecule has 0 aliphatic heterocycles. The van der Waals surface area contributed by atoms with Crippen molar-refractivity contribution in [1.82, 2.24) is 14.5 Å². The van der Waals surface area contributed by atoms with Crippen molar-refractivity contribution < 1.29 is 12.8 Å². The lowest BCUT2D eigenvalue weighted by Gasteiger charge is -2.17. The van der Waals surface area contributed by atoms with E-state index in [2.05, 4.69) is 10.2 Å². The van der Waals surface area contributed by atoms with Gasteiger partial charge in [0.1, 0.15) is 10.7 Å². The summed E-state index contributed by atoms with van der Waals surface area (Å²) in [6.07, 6.45) is 1.25. The Morgan fingerprint density at radius 1 is 1.37 bits per heavy atom. The third kappa shape index (κ3) is 2.66. The van der Waals surface area contributed by atoms with Gasteiger partial charge in [0.05, 0.1) is 11.9 Å². The van der Waals surface area contributed by atoms with E-state index in [4.69, 9.17) is 0 Å². The molecule has 0 atom stereocenters. The molecule has 0 bridgehead atoms. The highest BCUT2D eigenvalue weighted by Gasteiger charge is 2.24. The molecule has 0 unspecified atom stereocenters. The highest BCUT2D eigenvalue weighted by molar-refractivity contribution is 7.89. The minimum atomic E-state index is -3.67. The molecule has 0 radical (unpaired) electrons. The molecule has 0 saturated carbocycles. The van der Waals surface area contributed by atoms with Crippen LogP contribution in [0.2, 0.25) is 0 Å². The first-order chi connectivity index (χ1) is 8.93. The molecular formula is C12H14FN3O2S. The Balaban J connectivity index is 2.28. The molecule has 19 heavy (non-hydrogen) atoms. The average molecular weight is 283 g/mol. The molecular weight excluding hydrogens is 269 g/mol. The van der Waals surface area contributed by atoms with E-state index in [-0.39, 0.29) is 11.4 Å². The van der Waals surface area contributed by atoms with Crippen LogP contribution in [0.4, 0.5) is 4.39 Å². The van der Waals surface area contributed by atoms with E-state index in [1.165, 1.54) is 19.3 Å². The van der Waals surface area contributed by atoms with E-state index in [0.29, 0.717) is 11.3 Å². The number of aromatic nitrogens is 2. The van der Waals surface area contributed by atoms with Crippen LogP contribution < -0.4 is 0 Å². The van der Waals surface area contributed by atoms with Crippen LogP contribution in [0, 0.1) is 12.7 Å². The van der Waals surface area contributed by atoms with Gasteiger partial charge in [-0.3, -0.25) is 5.10 Å². The average Bonchev–Trinajstić information content (AvgIpc) is 2.79. The monoisotopic (exact) mass is 283 g/mol. The van der Waals surface area contributed by atoms with Gasteiger partial charge in [0.2, 0.25) is 10.0 Å². The molecule has 5 nitrogen and oxygen atoms in total. The lowest BCUT2D eigenvalue weighted by atomic mass is 10.2. The van der Waals surface area contributed by atoms with Crippen molar-refractivity contribution in [3.63, 3.8) is 0 Å². The molecule has 2 aromatic rings. The number of halogens is 1. The molecule has 0 spiro atoms. The van der Waals surface area contributed by atoms with Gasteiger partial charge in [-0.1, -0.05) is 18.2 Å². The van der Waals surface area contributed by atoms with Gasteiger partial charge in [0.15, 0.2) is 0 Å². The summed E-state index contributed by atoms with van der Waals surface area (Å²) in [5.74, 6) is -0.423. The zero-order chi connectivity index (χ0) is 14.0. The first-order valence-corrected chi connectivity index (χ1v) is 7.06. The lowest BCUT2D eigenvalue weighted by molar-refractivity contribution is 0.456. The maximum absolute atomic E-state index is 13.5. The second kappa shape index (κ2) is 5.10. The molecule has 1 aromatic carbocycles. The van der Waals surface area contributed by atoms with Crippen molar-refractivity contribution in [1.29, 1.82) is 0 Å². The fourth-order valence-corrected chi connectivity index (χ4v) is 2.98. The lowest BCUT2D eigenvalue weighted by Crippen LogP contribution is -2.27. The molecule has 0 fully saturated rings. The van der Waals surface area contributed by atoms with E-state index in [1.807, 2.05) is 0 Å². The van der Waals surface area contributed by atoms with Crippen LogP contribution in [-0.2, 0) is 16.6 Å². The molecule has 7 heteroatoms. The molecule has 102 valence electrons. The fraction of sp³-hybridized carbons (Fsp3) is 0.250. The first-order valence-electron chi connectivity index (χ1n) is 5.62. The van der Waals surface area contributed by atoms with Crippen LogP contribution in [0.15, 0.2) is 35.4 Å². The second-order valence-corrected chi connectivity index (χ2v) is 6.23. The van der Waals surface area contributed by atoms with Crippen LogP contribution in [-0.4, -0.2) is 30.0 Å². The van der Waals surface area contributed by atoms with E-state index >= 15 is 0 Å². The van der Waals surface area contributed by atoms with E-state index in [1.54, 1.807) is 25.1 Å². The maximum atomic E-state index is 13.5. The molecule has 0 aliphatic carbocycles. The third-order valence-corrected chi connectivity index (χ3v) is 4.74. The van der Waals surface area contributed by atoms with Crippen LogP contribution in [0.25, 0.3) is 0 Å². The quantitative estimate of drug-likeness (QED) is 0.928. The zero-order valence-electron chi connectivity index (χ0n) is 10.6. The Morgan fingerprint density at radius 2 is 2.05 bits per heavy atom. The number of rotatable bonds is 4. The van der Waals surface area contributed by atoms with Crippen molar-refractivity contribution in [3.8, 4) is 0 Å². The van der Waals surface area contributed by atoms with Crippen LogP contribution >= 0.6 is 0 Å². The molecule has 2 rings (SSSR count). The molecule has 1 aromatic heterocycles. The standard InChI is InChI=1S/C12H14FN3O2S/c1-9-12(7-14-15-9)19(17,18)16(2)8-10-5-3-4-6-11(10)13/h3-7H,8H2,1-2H3,(H,14,15). The molecule has 0 saturated heterocycles. The van der Waals surface area contributed by atoms with Crippen LogP contribution in [0.1, 0.15) is 11.3 Å². The van der Waals surface area contributed by atoms with Crippen molar-refractivity contribution in [3.05, 3.63) is 47.5 Å². The summed E-state index contributed by atoms with van der Waals surface area (Å²) >= 11 is 0. The number of H-pyrrole nitrogens is 1. The SMILES string of the molecule is Cc1[nH]ncc1S(=O)(=O)N(C)Cc1ccccc1F. The summed E-state index contributed by atoms with van der Waals surface area (Å²) in [4.78, 5) is 0.103. The smallest absolute Gasteiger partial charge is 0.246 e. The summed E-state index contributed by atoms with van der Waals surface area (Å²) < 4.78 is 39.2. The molecule has 0 amide bonds. The van der Waals surface area contributed by atoms with Gasteiger partial charge in [-0.05, 0) is 13.0 Å². The predicted molar refractivity (Wildman–Crippen MR) is 68.4 cm³/mol. The van der Waals surface area contributed by atoms with Gasteiger partial charge in [-0.15, -0.1) is 0 Å². The number of nitrogens with zero attached hydrogens (tertiary/aromatic N) is 2. The normalized spacial score (nSPS) is 12.0. The van der Waals surface area contributed by atoms with Gasteiger partial charge in [-0.2, -0.15) is 9.40 Å². The number of hydrogen-bond donors (Lipinski definition) is 1. The fourth-order valence-electron chi connectivity index (χ4n) is 1.72. The minimum absolute atomic E-state index is 0.0281. The summed E-state index contributed by atoms with van der Waals surface area (Å²) in [6.45, 7) is 1.59. The molecule has 1 N–H and O–H groups in total.